The van der Waals surface area contributed by atoms with Crippen LogP contribution in [0.2, 0.25) is 0 Å². The lowest BCUT2D eigenvalue weighted by atomic mass is 10.2. The van der Waals surface area contributed by atoms with Crippen molar-refractivity contribution >= 4 is 11.4 Å². The monoisotopic (exact) mass is 312 g/mol. The number of phenols is 1. The first-order valence-electron chi connectivity index (χ1n) is 5.76. The van der Waals surface area contributed by atoms with Gasteiger partial charge in [0.2, 0.25) is 0 Å². The van der Waals surface area contributed by atoms with Crippen LogP contribution in [0.5, 0.6) is 5.75 Å². The van der Waals surface area contributed by atoms with E-state index < -0.39 is 32.9 Å². The highest BCUT2D eigenvalue weighted by molar-refractivity contribution is 5.44. The Morgan fingerprint density at radius 3 is 1.77 bits per heavy atom. The largest absolute Gasteiger partial charge is 0.502 e. The first kappa shape index (κ1) is 17.0. The standard InChI is InChI=1S/C7H6FNO2.C6H4FNO3/c1-5-4-6(8)2-3-7(5)9(10)11;7-4-1-2-5(8(10)11)6(9)3-4/h2-4H,1H3;1-3,9H. The lowest BCUT2D eigenvalue weighted by Crippen LogP contribution is -1.91. The number of benzene rings is 2. The SMILES string of the molecule is Cc1cc(F)ccc1[N+](=O)[O-].O=[N+]([O-])c1ccc(F)cc1O. The summed E-state index contributed by atoms with van der Waals surface area (Å²) in [4.78, 5) is 19.0. The van der Waals surface area contributed by atoms with Crippen molar-refractivity contribution in [1.29, 1.82) is 0 Å². The Kier molecular flexibility index (Phi) is 5.44. The van der Waals surface area contributed by atoms with Gasteiger partial charge >= 0.3 is 5.69 Å². The molecule has 0 spiro atoms. The number of rotatable bonds is 2. The van der Waals surface area contributed by atoms with Crippen molar-refractivity contribution in [3.63, 3.8) is 0 Å². The van der Waals surface area contributed by atoms with Gasteiger partial charge in [0.1, 0.15) is 11.6 Å². The van der Waals surface area contributed by atoms with Crippen molar-refractivity contribution in [2.75, 3.05) is 0 Å². The van der Waals surface area contributed by atoms with Gasteiger partial charge in [0.25, 0.3) is 5.69 Å². The second-order valence-electron chi connectivity index (χ2n) is 4.08. The summed E-state index contributed by atoms with van der Waals surface area (Å²) in [5.74, 6) is -1.81. The van der Waals surface area contributed by atoms with E-state index in [2.05, 4.69) is 0 Å². The van der Waals surface area contributed by atoms with E-state index in [1.54, 1.807) is 0 Å². The van der Waals surface area contributed by atoms with Crippen LogP contribution in [0, 0.1) is 38.8 Å². The van der Waals surface area contributed by atoms with Crippen molar-refractivity contribution in [2.24, 2.45) is 0 Å². The normalized spacial score (nSPS) is 9.59. The zero-order chi connectivity index (χ0) is 16.9. The molecule has 0 unspecified atom stereocenters. The number of aromatic hydroxyl groups is 1. The molecule has 0 heterocycles. The van der Waals surface area contributed by atoms with Crippen molar-refractivity contribution < 1.29 is 23.7 Å². The summed E-state index contributed by atoms with van der Waals surface area (Å²) in [6, 6.07) is 5.88. The molecule has 0 atom stereocenters. The molecule has 7 nitrogen and oxygen atoms in total. The van der Waals surface area contributed by atoms with Crippen molar-refractivity contribution in [1.82, 2.24) is 0 Å². The minimum atomic E-state index is -0.783. The molecule has 0 fully saturated rings. The third kappa shape index (κ3) is 4.47. The molecular weight excluding hydrogens is 302 g/mol. The number of nitrogens with zero attached hydrogens (tertiary/aromatic N) is 2. The number of nitro benzene ring substituents is 2. The summed E-state index contributed by atoms with van der Waals surface area (Å²) in [6.45, 7) is 1.50. The second-order valence-corrected chi connectivity index (χ2v) is 4.08. The van der Waals surface area contributed by atoms with Gasteiger partial charge in [-0.1, -0.05) is 0 Å². The quantitative estimate of drug-likeness (QED) is 0.674. The molecule has 116 valence electrons. The summed E-state index contributed by atoms with van der Waals surface area (Å²) in [5, 5.41) is 29.1. The Labute approximate surface area is 122 Å². The summed E-state index contributed by atoms with van der Waals surface area (Å²) in [5.41, 5.74) is -0.201. The van der Waals surface area contributed by atoms with Gasteiger partial charge in [-0.25, -0.2) is 8.78 Å². The Hall–Kier alpha value is -3.10. The average molecular weight is 312 g/mol. The Bertz CT molecular complexity index is 660. The Balaban J connectivity index is 0.000000220. The lowest BCUT2D eigenvalue weighted by Gasteiger charge is -1.94. The summed E-state index contributed by atoms with van der Waals surface area (Å²) in [6.07, 6.45) is 0. The number of hydrogen-bond acceptors (Lipinski definition) is 5. The number of nitro groups is 2. The van der Waals surface area contributed by atoms with E-state index in [9.17, 15) is 29.0 Å². The Morgan fingerprint density at radius 1 is 0.909 bits per heavy atom. The lowest BCUT2D eigenvalue weighted by molar-refractivity contribution is -0.385. The van der Waals surface area contributed by atoms with Crippen LogP contribution < -0.4 is 0 Å². The van der Waals surface area contributed by atoms with Gasteiger partial charge in [-0.3, -0.25) is 20.2 Å². The van der Waals surface area contributed by atoms with E-state index in [0.717, 1.165) is 30.3 Å². The van der Waals surface area contributed by atoms with E-state index in [4.69, 9.17) is 5.11 Å². The average Bonchev–Trinajstić information content (AvgIpc) is 2.38. The number of hydrogen-bond donors (Lipinski definition) is 1. The van der Waals surface area contributed by atoms with Crippen LogP contribution in [0.15, 0.2) is 36.4 Å². The first-order valence-corrected chi connectivity index (χ1v) is 5.76. The molecule has 9 heteroatoms. The zero-order valence-corrected chi connectivity index (χ0v) is 11.2. The van der Waals surface area contributed by atoms with E-state index in [1.807, 2.05) is 0 Å². The van der Waals surface area contributed by atoms with Crippen LogP contribution in [-0.2, 0) is 0 Å². The summed E-state index contributed by atoms with van der Waals surface area (Å²) < 4.78 is 24.6. The van der Waals surface area contributed by atoms with Gasteiger partial charge in [-0.15, -0.1) is 0 Å². The molecular formula is C13H10F2N2O5. The fraction of sp³-hybridized carbons (Fsp3) is 0.0769. The van der Waals surface area contributed by atoms with Crippen molar-refractivity contribution in [3.8, 4) is 5.75 Å². The maximum Gasteiger partial charge on any atom is 0.310 e. The molecule has 2 aromatic rings. The predicted octanol–water partition coefficient (Wildman–Crippen LogP) is 3.48. The molecule has 0 radical (unpaired) electrons. The van der Waals surface area contributed by atoms with E-state index in [-0.39, 0.29) is 5.69 Å². The van der Waals surface area contributed by atoms with E-state index in [1.165, 1.54) is 6.92 Å². The molecule has 0 saturated carbocycles. The van der Waals surface area contributed by atoms with Crippen LogP contribution in [0.4, 0.5) is 20.2 Å². The number of aryl methyl sites for hydroxylation is 1. The molecule has 0 aliphatic rings. The minimum absolute atomic E-state index is 0.0496. The van der Waals surface area contributed by atoms with Gasteiger partial charge in [-0.2, -0.15) is 0 Å². The van der Waals surface area contributed by atoms with E-state index in [0.29, 0.717) is 11.6 Å². The number of phenolic OH excluding ortho intramolecular Hbond substituents is 1. The summed E-state index contributed by atoms with van der Waals surface area (Å²) in [7, 11) is 0. The molecule has 0 aliphatic carbocycles. The van der Waals surface area contributed by atoms with Crippen LogP contribution >= 0.6 is 0 Å². The highest BCUT2D eigenvalue weighted by Crippen LogP contribution is 2.25. The molecule has 0 amide bonds. The van der Waals surface area contributed by atoms with Crippen molar-refractivity contribution in [3.05, 3.63) is 73.8 Å². The molecule has 0 bridgehead atoms. The molecule has 22 heavy (non-hydrogen) atoms. The van der Waals surface area contributed by atoms with Crippen molar-refractivity contribution in [2.45, 2.75) is 6.92 Å². The molecule has 0 saturated heterocycles. The van der Waals surface area contributed by atoms with Gasteiger partial charge in [0.15, 0.2) is 5.75 Å². The van der Waals surface area contributed by atoms with Crippen LogP contribution in [0.3, 0.4) is 0 Å². The third-order valence-corrected chi connectivity index (χ3v) is 2.49. The molecule has 1 N–H and O–H groups in total. The fourth-order valence-corrected chi connectivity index (χ4v) is 1.47. The molecule has 2 aromatic carbocycles. The van der Waals surface area contributed by atoms with Gasteiger partial charge in [0, 0.05) is 23.8 Å². The highest BCUT2D eigenvalue weighted by Gasteiger charge is 2.12. The molecule has 2 rings (SSSR count). The minimum Gasteiger partial charge on any atom is -0.502 e. The third-order valence-electron chi connectivity index (χ3n) is 2.49. The maximum absolute atomic E-state index is 12.4. The smallest absolute Gasteiger partial charge is 0.310 e. The highest BCUT2D eigenvalue weighted by atomic mass is 19.1. The fourth-order valence-electron chi connectivity index (χ4n) is 1.47. The Morgan fingerprint density at radius 2 is 1.36 bits per heavy atom. The van der Waals surface area contributed by atoms with Crippen LogP contribution in [-0.4, -0.2) is 15.0 Å². The van der Waals surface area contributed by atoms with Gasteiger partial charge in [0.05, 0.1) is 9.85 Å². The maximum atomic E-state index is 12.4. The summed E-state index contributed by atoms with van der Waals surface area (Å²) >= 11 is 0. The van der Waals surface area contributed by atoms with Crippen LogP contribution in [0.25, 0.3) is 0 Å². The first-order chi connectivity index (χ1) is 10.2. The van der Waals surface area contributed by atoms with Gasteiger partial charge < -0.3 is 5.11 Å². The zero-order valence-electron chi connectivity index (χ0n) is 11.2. The topological polar surface area (TPSA) is 107 Å². The van der Waals surface area contributed by atoms with Gasteiger partial charge in [-0.05, 0) is 25.1 Å². The number of halogens is 2. The predicted molar refractivity (Wildman–Crippen MR) is 72.5 cm³/mol. The molecule has 0 aromatic heterocycles. The second kappa shape index (κ2) is 7.07. The molecule has 0 aliphatic heterocycles. The van der Waals surface area contributed by atoms with Crippen LogP contribution in [0.1, 0.15) is 5.56 Å². The van der Waals surface area contributed by atoms with E-state index >= 15 is 0 Å².